The van der Waals surface area contributed by atoms with E-state index in [2.05, 4.69) is 19.7 Å². The van der Waals surface area contributed by atoms with Crippen LogP contribution in [0.15, 0.2) is 71.9 Å². The first-order valence-electron chi connectivity index (χ1n) is 9.69. The average molecular weight is 489 g/mol. The van der Waals surface area contributed by atoms with E-state index < -0.39 is 16.1 Å². The number of sulfonamides is 1. The van der Waals surface area contributed by atoms with Crippen LogP contribution in [0.4, 0.5) is 5.82 Å². The van der Waals surface area contributed by atoms with Crippen LogP contribution in [0.5, 0.6) is 5.88 Å². The normalized spacial score (nSPS) is 12.5. The van der Waals surface area contributed by atoms with Gasteiger partial charge < -0.3 is 4.74 Å². The number of benzene rings is 2. The van der Waals surface area contributed by atoms with Gasteiger partial charge in [0.25, 0.3) is 15.9 Å². The predicted octanol–water partition coefficient (Wildman–Crippen LogP) is 5.66. The predicted molar refractivity (Wildman–Crippen MR) is 125 cm³/mol. The van der Waals surface area contributed by atoms with Gasteiger partial charge in [0.15, 0.2) is 0 Å². The van der Waals surface area contributed by atoms with Gasteiger partial charge in [0.2, 0.25) is 5.82 Å². The van der Waals surface area contributed by atoms with Crippen LogP contribution in [0, 0.1) is 0 Å². The number of anilines is 1. The molecule has 32 heavy (non-hydrogen) atoms. The van der Waals surface area contributed by atoms with Crippen molar-refractivity contribution in [3.63, 3.8) is 0 Å². The molecule has 1 atom stereocenters. The molecule has 2 aromatic carbocycles. The van der Waals surface area contributed by atoms with Gasteiger partial charge in [0, 0.05) is 18.0 Å². The first-order valence-corrected chi connectivity index (χ1v) is 11.9. The number of nitrogens with zero attached hydrogens (tertiary/aromatic N) is 3. The zero-order chi connectivity index (χ0) is 22.7. The van der Waals surface area contributed by atoms with Gasteiger partial charge in [-0.2, -0.15) is 0 Å². The number of hydrogen-bond acceptors (Lipinski definition) is 6. The molecule has 0 amide bonds. The van der Waals surface area contributed by atoms with Gasteiger partial charge >= 0.3 is 0 Å². The van der Waals surface area contributed by atoms with Crippen molar-refractivity contribution in [2.75, 3.05) is 4.72 Å². The van der Waals surface area contributed by atoms with Crippen molar-refractivity contribution in [1.82, 2.24) is 15.0 Å². The van der Waals surface area contributed by atoms with Crippen LogP contribution in [0.1, 0.15) is 25.0 Å². The molecule has 0 radical (unpaired) electrons. The molecule has 10 heteroatoms. The fourth-order valence-corrected chi connectivity index (χ4v) is 4.86. The van der Waals surface area contributed by atoms with Crippen molar-refractivity contribution in [2.24, 2.45) is 0 Å². The van der Waals surface area contributed by atoms with Gasteiger partial charge in [-0.1, -0.05) is 54.4 Å². The third kappa shape index (κ3) is 4.62. The maximum Gasteiger partial charge on any atom is 0.264 e. The Morgan fingerprint density at radius 3 is 2.44 bits per heavy atom. The highest BCUT2D eigenvalue weighted by Gasteiger charge is 2.24. The number of ether oxygens (including phenoxy) is 1. The number of rotatable bonds is 7. The van der Waals surface area contributed by atoms with E-state index in [1.165, 1.54) is 18.2 Å². The van der Waals surface area contributed by atoms with Crippen molar-refractivity contribution in [2.45, 2.75) is 24.3 Å². The topological polar surface area (TPSA) is 94.1 Å². The van der Waals surface area contributed by atoms with Crippen LogP contribution < -0.4 is 9.46 Å². The Labute approximate surface area is 195 Å². The lowest BCUT2D eigenvalue weighted by atomic mass is 10.1. The van der Waals surface area contributed by atoms with E-state index in [1.54, 1.807) is 36.7 Å². The first-order chi connectivity index (χ1) is 15.4. The molecule has 7 nitrogen and oxygen atoms in total. The van der Waals surface area contributed by atoms with Crippen LogP contribution in [-0.2, 0) is 10.0 Å². The van der Waals surface area contributed by atoms with Gasteiger partial charge in [-0.25, -0.2) is 18.4 Å². The Hall–Kier alpha value is -2.94. The molecule has 0 aliphatic carbocycles. The third-order valence-electron chi connectivity index (χ3n) is 4.66. The summed E-state index contributed by atoms with van der Waals surface area (Å²) in [5.41, 5.74) is 1.90. The van der Waals surface area contributed by atoms with Crippen molar-refractivity contribution in [3.05, 3.63) is 82.6 Å². The highest BCUT2D eigenvalue weighted by molar-refractivity contribution is 7.92. The Bertz CT molecular complexity index is 1370. The summed E-state index contributed by atoms with van der Waals surface area (Å²) in [5, 5.41) is 0.0397. The second kappa shape index (κ2) is 9.28. The Kier molecular flexibility index (Phi) is 6.45. The second-order valence-corrected chi connectivity index (χ2v) is 9.26. The molecule has 2 heterocycles. The number of nitrogens with one attached hydrogen (secondary N) is 1. The molecule has 0 bridgehead atoms. The number of hydrogen-bond donors (Lipinski definition) is 1. The van der Waals surface area contributed by atoms with Crippen LogP contribution in [0.2, 0.25) is 10.0 Å². The van der Waals surface area contributed by atoms with Crippen LogP contribution in [0.3, 0.4) is 0 Å². The van der Waals surface area contributed by atoms with E-state index in [0.29, 0.717) is 17.5 Å². The van der Waals surface area contributed by atoms with Crippen LogP contribution >= 0.6 is 23.2 Å². The zero-order valence-electron chi connectivity index (χ0n) is 16.9. The summed E-state index contributed by atoms with van der Waals surface area (Å²) < 4.78 is 34.8. The van der Waals surface area contributed by atoms with Crippen LogP contribution in [0.25, 0.3) is 11.0 Å². The van der Waals surface area contributed by atoms with Gasteiger partial charge in [0.1, 0.15) is 11.0 Å². The molecule has 4 aromatic rings. The van der Waals surface area contributed by atoms with Gasteiger partial charge in [-0.15, -0.1) is 0 Å². The Morgan fingerprint density at radius 1 is 1.00 bits per heavy atom. The molecule has 0 fully saturated rings. The van der Waals surface area contributed by atoms with E-state index in [9.17, 15) is 8.42 Å². The quantitative estimate of drug-likeness (QED) is 0.360. The van der Waals surface area contributed by atoms with E-state index in [1.807, 2.05) is 19.1 Å². The fourth-order valence-electron chi connectivity index (χ4n) is 3.09. The van der Waals surface area contributed by atoms with E-state index in [-0.39, 0.29) is 26.6 Å². The highest BCUT2D eigenvalue weighted by atomic mass is 35.5. The standard InChI is InChI=1S/C22H18Cl2N4O3S/c1-2-18(14-7-6-12-25-13-14)31-22-21(26-16-9-3-4-10-17(16)27-22)28-32(29,30)19-11-5-8-15(23)20(19)24/h3-13,18H,2H2,1H3,(H,26,28). The average Bonchev–Trinajstić information content (AvgIpc) is 2.79. The van der Waals surface area contributed by atoms with Crippen molar-refractivity contribution >= 4 is 50.1 Å². The van der Waals surface area contributed by atoms with Gasteiger partial charge in [-0.3, -0.25) is 9.71 Å². The summed E-state index contributed by atoms with van der Waals surface area (Å²) in [7, 11) is -4.13. The van der Waals surface area contributed by atoms with Gasteiger partial charge in [0.05, 0.1) is 21.1 Å². The summed E-state index contributed by atoms with van der Waals surface area (Å²) in [6, 6.07) is 15.2. The lowest BCUT2D eigenvalue weighted by molar-refractivity contribution is 0.194. The van der Waals surface area contributed by atoms with E-state index in [0.717, 1.165) is 5.56 Å². The number of para-hydroxylation sites is 2. The minimum absolute atomic E-state index is 0.0427. The molecule has 164 valence electrons. The first kappa shape index (κ1) is 22.3. The maximum atomic E-state index is 13.1. The highest BCUT2D eigenvalue weighted by Crippen LogP contribution is 2.34. The van der Waals surface area contributed by atoms with Crippen molar-refractivity contribution in [3.8, 4) is 5.88 Å². The molecule has 1 unspecified atom stereocenters. The fraction of sp³-hybridized carbons (Fsp3) is 0.136. The molecule has 0 aliphatic rings. The number of pyridine rings is 1. The smallest absolute Gasteiger partial charge is 0.264 e. The van der Waals surface area contributed by atoms with Crippen molar-refractivity contribution < 1.29 is 13.2 Å². The molecule has 4 rings (SSSR count). The maximum absolute atomic E-state index is 13.1. The SMILES string of the molecule is CCC(Oc1nc2ccccc2nc1NS(=O)(=O)c1cccc(Cl)c1Cl)c1cccnc1. The lowest BCUT2D eigenvalue weighted by Gasteiger charge is -2.19. The molecule has 0 spiro atoms. The summed E-state index contributed by atoms with van der Waals surface area (Å²) in [4.78, 5) is 12.9. The molecule has 0 saturated heterocycles. The van der Waals surface area contributed by atoms with Crippen LogP contribution in [-0.4, -0.2) is 23.4 Å². The summed E-state index contributed by atoms with van der Waals surface area (Å²) in [6.07, 6.45) is 3.56. The lowest BCUT2D eigenvalue weighted by Crippen LogP contribution is -2.17. The third-order valence-corrected chi connectivity index (χ3v) is 6.97. The van der Waals surface area contributed by atoms with Crippen molar-refractivity contribution in [1.29, 1.82) is 0 Å². The monoisotopic (exact) mass is 488 g/mol. The molecule has 0 aliphatic heterocycles. The minimum atomic E-state index is -4.13. The zero-order valence-corrected chi connectivity index (χ0v) is 19.2. The van der Waals surface area contributed by atoms with E-state index in [4.69, 9.17) is 27.9 Å². The van der Waals surface area contributed by atoms with E-state index >= 15 is 0 Å². The Balaban J connectivity index is 1.78. The van der Waals surface area contributed by atoms with Gasteiger partial charge in [-0.05, 0) is 36.8 Å². The second-order valence-electron chi connectivity index (χ2n) is 6.82. The molecule has 1 N–H and O–H groups in total. The number of fused-ring (bicyclic) bond motifs is 1. The largest absolute Gasteiger partial charge is 0.467 e. The minimum Gasteiger partial charge on any atom is -0.467 e. The number of halogens is 2. The molecule has 2 aromatic heterocycles. The molecule has 0 saturated carbocycles. The summed E-state index contributed by atoms with van der Waals surface area (Å²) >= 11 is 12.1. The molecular weight excluding hydrogens is 471 g/mol. The summed E-state index contributed by atoms with van der Waals surface area (Å²) in [5.74, 6) is -0.0109. The summed E-state index contributed by atoms with van der Waals surface area (Å²) in [6.45, 7) is 1.95. The number of aromatic nitrogens is 3. The Morgan fingerprint density at radius 2 is 1.75 bits per heavy atom. The molecular formula is C22H18Cl2N4O3S.